The van der Waals surface area contributed by atoms with Crippen LogP contribution in [0, 0.1) is 5.92 Å². The molecule has 2 aliphatic rings. The molecule has 0 unspecified atom stereocenters. The Morgan fingerprint density at radius 2 is 1.77 bits per heavy atom. The lowest BCUT2D eigenvalue weighted by atomic mass is 9.88. The molecule has 1 aromatic rings. The second kappa shape index (κ2) is 10.3. The number of amides is 1. The van der Waals surface area contributed by atoms with Crippen LogP contribution in [0.5, 0.6) is 0 Å². The van der Waals surface area contributed by atoms with Crippen LogP contribution < -0.4 is 5.32 Å². The van der Waals surface area contributed by atoms with Gasteiger partial charge in [0.05, 0.1) is 5.56 Å². The van der Waals surface area contributed by atoms with E-state index in [0.29, 0.717) is 10.6 Å². The van der Waals surface area contributed by atoms with Gasteiger partial charge < -0.3 is 15.5 Å². The Kier molecular flexibility index (Phi) is 8.25. The van der Waals surface area contributed by atoms with Gasteiger partial charge in [-0.25, -0.2) is 9.59 Å². The molecule has 3 rings (SSSR count). The summed E-state index contributed by atoms with van der Waals surface area (Å²) in [4.78, 5) is 36.5. The van der Waals surface area contributed by atoms with Gasteiger partial charge in [-0.3, -0.25) is 9.69 Å². The summed E-state index contributed by atoms with van der Waals surface area (Å²) in [5.74, 6) is -3.64. The van der Waals surface area contributed by atoms with Gasteiger partial charge >= 0.3 is 18.1 Å². The van der Waals surface area contributed by atoms with Crippen molar-refractivity contribution in [2.24, 2.45) is 5.92 Å². The normalized spacial score (nSPS) is 17.5. The molecule has 7 nitrogen and oxygen atoms in total. The summed E-state index contributed by atoms with van der Waals surface area (Å²) in [7, 11) is 0. The number of carbonyl (C=O) groups excluding carboxylic acids is 1. The third kappa shape index (κ3) is 6.18. The third-order valence-electron chi connectivity index (χ3n) is 5.25. The van der Waals surface area contributed by atoms with Crippen LogP contribution in [0.1, 0.15) is 59.8 Å². The number of nitrogens with zero attached hydrogens (tertiary/aromatic N) is 1. The van der Waals surface area contributed by atoms with Gasteiger partial charge in [0.15, 0.2) is 0 Å². The van der Waals surface area contributed by atoms with E-state index in [4.69, 9.17) is 9.90 Å². The summed E-state index contributed by atoms with van der Waals surface area (Å²) in [6.07, 6.45) is 0.892. The largest absolute Gasteiger partial charge is 0.490 e. The highest BCUT2D eigenvalue weighted by Crippen LogP contribution is 2.38. The van der Waals surface area contributed by atoms with Crippen LogP contribution in [-0.2, 0) is 22.6 Å². The Hall–Kier alpha value is -2.14. The minimum atomic E-state index is -5.08. The lowest BCUT2D eigenvalue weighted by Gasteiger charge is -2.25. The smallest absolute Gasteiger partial charge is 0.478 e. The number of hydrogen-bond acceptors (Lipinski definition) is 5. The number of carbonyl (C=O) groups is 3. The predicted molar refractivity (Wildman–Crippen MR) is 105 cm³/mol. The summed E-state index contributed by atoms with van der Waals surface area (Å²) in [5.41, 5.74) is 1.25. The van der Waals surface area contributed by atoms with Gasteiger partial charge in [0.1, 0.15) is 5.00 Å². The average molecular weight is 450 g/mol. The van der Waals surface area contributed by atoms with Crippen molar-refractivity contribution in [3.8, 4) is 0 Å². The van der Waals surface area contributed by atoms with Crippen LogP contribution in [0.4, 0.5) is 18.2 Å². The SMILES string of the molecule is CCN1CCc2c(sc(NC(=O)C3CCCCC3)c2C(=O)O)C1.O=C(O)C(F)(F)F. The van der Waals surface area contributed by atoms with Gasteiger partial charge in [0.25, 0.3) is 0 Å². The second-order valence-corrected chi connectivity index (χ2v) is 8.36. The monoisotopic (exact) mass is 450 g/mol. The van der Waals surface area contributed by atoms with E-state index >= 15 is 0 Å². The first-order valence-electron chi connectivity index (χ1n) is 9.75. The van der Waals surface area contributed by atoms with Crippen molar-refractivity contribution >= 4 is 34.2 Å². The molecule has 0 spiro atoms. The Balaban J connectivity index is 0.000000396. The number of carboxylic acid groups (broad SMARTS) is 2. The molecule has 1 amide bonds. The maximum atomic E-state index is 12.5. The fraction of sp³-hybridized carbons (Fsp3) is 0.632. The van der Waals surface area contributed by atoms with Crippen molar-refractivity contribution in [2.75, 3.05) is 18.4 Å². The van der Waals surface area contributed by atoms with Crippen LogP contribution in [0.2, 0.25) is 0 Å². The Bertz CT molecular complexity index is 788. The van der Waals surface area contributed by atoms with E-state index in [1.807, 2.05) is 0 Å². The highest BCUT2D eigenvalue weighted by Gasteiger charge is 2.38. The number of likely N-dealkylation sites (N-methyl/N-ethyl adjacent to an activating group) is 1. The van der Waals surface area contributed by atoms with E-state index in [1.165, 1.54) is 17.8 Å². The summed E-state index contributed by atoms with van der Waals surface area (Å²) in [6, 6.07) is 0. The molecule has 2 heterocycles. The van der Waals surface area contributed by atoms with Crippen molar-refractivity contribution in [3.63, 3.8) is 0 Å². The molecule has 0 radical (unpaired) electrons. The third-order valence-corrected chi connectivity index (χ3v) is 6.38. The minimum absolute atomic E-state index is 0.00172. The lowest BCUT2D eigenvalue weighted by molar-refractivity contribution is -0.192. The number of rotatable bonds is 4. The van der Waals surface area contributed by atoms with E-state index in [1.54, 1.807) is 0 Å². The van der Waals surface area contributed by atoms with Crippen LogP contribution in [0.3, 0.4) is 0 Å². The Labute approximate surface area is 175 Å². The number of aromatic carboxylic acids is 1. The topological polar surface area (TPSA) is 107 Å². The molecule has 0 aromatic carbocycles. The summed E-state index contributed by atoms with van der Waals surface area (Å²) in [5, 5.41) is 20.2. The lowest BCUT2D eigenvalue weighted by Crippen LogP contribution is -2.29. The van der Waals surface area contributed by atoms with E-state index in [-0.39, 0.29) is 11.8 Å². The molecular formula is C19H25F3N2O5S. The van der Waals surface area contributed by atoms with Gasteiger partial charge in [0, 0.05) is 23.9 Å². The van der Waals surface area contributed by atoms with E-state index < -0.39 is 18.1 Å². The molecule has 1 aliphatic carbocycles. The maximum absolute atomic E-state index is 12.5. The highest BCUT2D eigenvalue weighted by molar-refractivity contribution is 7.17. The molecule has 1 aliphatic heterocycles. The number of aliphatic carboxylic acids is 1. The molecule has 1 aromatic heterocycles. The predicted octanol–water partition coefficient (Wildman–Crippen LogP) is 3.98. The quantitative estimate of drug-likeness (QED) is 0.641. The van der Waals surface area contributed by atoms with Gasteiger partial charge in [-0.05, 0) is 31.4 Å². The van der Waals surface area contributed by atoms with Crippen molar-refractivity contribution in [1.82, 2.24) is 4.90 Å². The van der Waals surface area contributed by atoms with Crippen molar-refractivity contribution in [3.05, 3.63) is 16.0 Å². The average Bonchev–Trinajstić information content (AvgIpc) is 3.05. The number of hydrogen-bond donors (Lipinski definition) is 3. The molecule has 0 atom stereocenters. The second-order valence-electron chi connectivity index (χ2n) is 7.26. The van der Waals surface area contributed by atoms with Crippen LogP contribution >= 0.6 is 11.3 Å². The van der Waals surface area contributed by atoms with Crippen LogP contribution in [0.15, 0.2) is 0 Å². The molecular weight excluding hydrogens is 425 g/mol. The number of nitrogens with one attached hydrogen (secondary N) is 1. The van der Waals surface area contributed by atoms with Gasteiger partial charge in [-0.2, -0.15) is 13.2 Å². The van der Waals surface area contributed by atoms with Gasteiger partial charge in [-0.1, -0.05) is 26.2 Å². The first kappa shape index (κ1) is 24.1. The molecule has 1 fully saturated rings. The zero-order valence-electron chi connectivity index (χ0n) is 16.5. The van der Waals surface area contributed by atoms with Crippen molar-refractivity contribution in [2.45, 2.75) is 58.2 Å². The zero-order valence-corrected chi connectivity index (χ0v) is 17.4. The number of halogens is 3. The Morgan fingerprint density at radius 1 is 1.17 bits per heavy atom. The van der Waals surface area contributed by atoms with Gasteiger partial charge in [0.2, 0.25) is 5.91 Å². The number of alkyl halides is 3. The molecule has 1 saturated carbocycles. The zero-order chi connectivity index (χ0) is 22.5. The molecule has 0 bridgehead atoms. The highest BCUT2D eigenvalue weighted by atomic mass is 32.1. The first-order chi connectivity index (χ1) is 14.0. The van der Waals surface area contributed by atoms with E-state index in [0.717, 1.165) is 62.2 Å². The number of fused-ring (bicyclic) bond motifs is 1. The Morgan fingerprint density at radius 3 is 2.27 bits per heavy atom. The fourth-order valence-electron chi connectivity index (χ4n) is 3.62. The summed E-state index contributed by atoms with van der Waals surface area (Å²) < 4.78 is 31.7. The summed E-state index contributed by atoms with van der Waals surface area (Å²) in [6.45, 7) is 4.75. The number of carboxylic acids is 2. The molecule has 3 N–H and O–H groups in total. The number of anilines is 1. The molecule has 168 valence electrons. The fourth-order valence-corrected chi connectivity index (χ4v) is 4.90. The standard InChI is InChI=1S/C17H24N2O3S.C2HF3O2/c1-2-19-9-8-12-13(10-19)23-16(14(12)17(21)22)18-15(20)11-6-4-3-5-7-11;3-2(4,5)1(6)7/h11H,2-10H2,1H3,(H,18,20)(H,21,22);(H,6,7). The molecule has 30 heavy (non-hydrogen) atoms. The van der Waals surface area contributed by atoms with Crippen LogP contribution in [0.25, 0.3) is 0 Å². The van der Waals surface area contributed by atoms with E-state index in [9.17, 15) is 27.9 Å². The van der Waals surface area contributed by atoms with Crippen molar-refractivity contribution < 1.29 is 37.8 Å². The first-order valence-corrected chi connectivity index (χ1v) is 10.6. The summed E-state index contributed by atoms with van der Waals surface area (Å²) >= 11 is 1.45. The van der Waals surface area contributed by atoms with Crippen molar-refractivity contribution in [1.29, 1.82) is 0 Å². The number of thiophene rings is 1. The van der Waals surface area contributed by atoms with Gasteiger partial charge in [-0.15, -0.1) is 11.3 Å². The van der Waals surface area contributed by atoms with Crippen LogP contribution in [-0.4, -0.2) is 52.2 Å². The maximum Gasteiger partial charge on any atom is 0.490 e. The minimum Gasteiger partial charge on any atom is -0.478 e. The molecule has 0 saturated heterocycles. The molecule has 11 heteroatoms. The van der Waals surface area contributed by atoms with E-state index in [2.05, 4.69) is 17.1 Å².